The van der Waals surface area contributed by atoms with Gasteiger partial charge >= 0.3 is 0 Å². The van der Waals surface area contributed by atoms with E-state index >= 15 is 0 Å². The summed E-state index contributed by atoms with van der Waals surface area (Å²) in [7, 11) is 0. The summed E-state index contributed by atoms with van der Waals surface area (Å²) < 4.78 is 60.1. The fraction of sp³-hybridized carbons (Fsp3) is 1.00. The van der Waals surface area contributed by atoms with Gasteiger partial charge in [-0.05, 0) is 79.4 Å². The van der Waals surface area contributed by atoms with E-state index in [0.717, 1.165) is 64.2 Å². The fourth-order valence-corrected chi connectivity index (χ4v) is 15.3. The maximum Gasteiger partial charge on any atom is 0.187 e. The van der Waals surface area contributed by atoms with Crippen LogP contribution in [0.2, 0.25) is 0 Å². The molecule has 14 N–H and O–H groups in total. The third-order valence-corrected chi connectivity index (χ3v) is 19.5. The van der Waals surface area contributed by atoms with Crippen LogP contribution < -0.4 is 0 Å². The highest BCUT2D eigenvalue weighted by Crippen LogP contribution is 2.69. The van der Waals surface area contributed by atoms with Crippen LogP contribution in [0.4, 0.5) is 0 Å². The fourth-order valence-electron chi connectivity index (χ4n) is 15.3. The molecule has 8 unspecified atom stereocenters. The minimum Gasteiger partial charge on any atom is -0.394 e. The average Bonchev–Trinajstić information content (AvgIpc) is 3.87. The highest BCUT2D eigenvalue weighted by atomic mass is 16.8. The molecule has 4 saturated heterocycles. The number of ether oxygens (including phenoxy) is 10. The van der Waals surface area contributed by atoms with Crippen LogP contribution >= 0.6 is 0 Å². The molecule has 0 amide bonds. The van der Waals surface area contributed by atoms with Gasteiger partial charge in [0.15, 0.2) is 25.2 Å². The standard InChI is InChI=1S/C52H90O24/c1-5-8-23(2)25-10-11-26-34-27(18-33(52(25,26)4)68-14-16-70-48-44(66)40(62)46(32(22-56)74-48)76-50-42(64)38(60)36(58)30(20-54)72-50)51(3)12-7-6-9-24(51)17-28(34)67-13-15-69-47-43(65)39(61)45(31(21-55)73-47)75-49-41(63)37(59)35(57)29(19-53)71-49/h23-50,53-66H,5-22H2,1-4H3/t23-,24+,25-,26+,27+,28-,29?,30?,31?,32?,33+,34+,35-,36-,37?,38+,39?,40?,41+,42?,43+,44+,45-,46-,47-,48-,49-,50-,51+,52-/m1/s1. The smallest absolute Gasteiger partial charge is 0.187 e. The van der Waals surface area contributed by atoms with Crippen molar-refractivity contribution in [3.63, 3.8) is 0 Å². The molecule has 24 heteroatoms. The molecule has 4 saturated carbocycles. The van der Waals surface area contributed by atoms with Crippen molar-refractivity contribution < 1.29 is 119 Å². The second-order valence-corrected chi connectivity index (χ2v) is 23.5. The Bertz CT molecular complexity index is 1790. The zero-order valence-electron chi connectivity index (χ0n) is 44.2. The van der Waals surface area contributed by atoms with Gasteiger partial charge < -0.3 is 119 Å². The van der Waals surface area contributed by atoms with Crippen molar-refractivity contribution in [1.82, 2.24) is 0 Å². The first-order valence-electron chi connectivity index (χ1n) is 27.9. The minimum atomic E-state index is -1.79. The Morgan fingerprint density at radius 2 is 0.974 bits per heavy atom. The summed E-state index contributed by atoms with van der Waals surface area (Å²) in [4.78, 5) is 0. The van der Waals surface area contributed by atoms with Crippen LogP contribution in [0.25, 0.3) is 0 Å². The van der Waals surface area contributed by atoms with Gasteiger partial charge in [0.2, 0.25) is 0 Å². The van der Waals surface area contributed by atoms with E-state index < -0.39 is 149 Å². The number of fused-ring (bicyclic) bond motifs is 5. The molecule has 8 aliphatic rings. The van der Waals surface area contributed by atoms with Gasteiger partial charge in [-0.2, -0.15) is 0 Å². The number of aliphatic hydroxyl groups is 14. The van der Waals surface area contributed by atoms with Gasteiger partial charge in [-0.3, -0.25) is 0 Å². The van der Waals surface area contributed by atoms with E-state index in [1.54, 1.807) is 0 Å². The number of aliphatic hydroxyl groups excluding tert-OH is 14. The van der Waals surface area contributed by atoms with Gasteiger partial charge in [0.1, 0.15) is 97.7 Å². The zero-order chi connectivity index (χ0) is 55.0. The summed E-state index contributed by atoms with van der Waals surface area (Å²) in [5.41, 5.74) is -0.233. The van der Waals surface area contributed by atoms with Crippen molar-refractivity contribution in [1.29, 1.82) is 0 Å². The van der Waals surface area contributed by atoms with Gasteiger partial charge in [-0.15, -0.1) is 0 Å². The van der Waals surface area contributed by atoms with Gasteiger partial charge in [0.25, 0.3) is 0 Å². The topological polar surface area (TPSA) is 376 Å². The lowest BCUT2D eigenvalue weighted by molar-refractivity contribution is -0.360. The molecule has 0 aromatic rings. The SMILES string of the molecule is CCC[C@@H](C)[C@H]1CC[C@H]2[C@@H]3[C@H](OCCO[C@@H]4OC(CO)[C@@H](O[C@H]5OC(CO)[C@@H](O)C(O)[C@@H]5O)C(O)[C@@H]4O)C[C@@H]4CCCC[C@]4(C)[C@H]3C[C@H](OCCO[C@@H]3OC(CO)[C@@H](O[C@H]4OC(CO)[C@@H](O)[C@H](O)C4O)C(O)[C@@H]3O)[C@]12C. The van der Waals surface area contributed by atoms with E-state index in [2.05, 4.69) is 27.7 Å². The van der Waals surface area contributed by atoms with E-state index in [0.29, 0.717) is 17.8 Å². The second kappa shape index (κ2) is 26.1. The normalized spacial score (nSPS) is 51.2. The summed E-state index contributed by atoms with van der Waals surface area (Å²) in [6, 6.07) is 0. The maximum atomic E-state index is 11.2. The Labute approximate surface area is 444 Å². The third kappa shape index (κ3) is 11.8. The van der Waals surface area contributed by atoms with Crippen LogP contribution in [0, 0.1) is 46.3 Å². The van der Waals surface area contributed by atoms with Crippen molar-refractivity contribution in [3.8, 4) is 0 Å². The first-order valence-corrected chi connectivity index (χ1v) is 27.9. The van der Waals surface area contributed by atoms with Crippen molar-refractivity contribution in [2.45, 2.75) is 227 Å². The van der Waals surface area contributed by atoms with Crippen LogP contribution in [0.15, 0.2) is 0 Å². The van der Waals surface area contributed by atoms with Crippen molar-refractivity contribution in [2.75, 3.05) is 52.9 Å². The van der Waals surface area contributed by atoms with Gasteiger partial charge in [0, 0.05) is 5.41 Å². The molecule has 8 fully saturated rings. The number of rotatable bonds is 21. The van der Waals surface area contributed by atoms with Gasteiger partial charge in [-0.25, -0.2) is 0 Å². The third-order valence-electron chi connectivity index (χ3n) is 19.5. The molecule has 4 aliphatic heterocycles. The molecule has 8 rings (SSSR count). The molecule has 0 bridgehead atoms. The lowest BCUT2D eigenvalue weighted by Gasteiger charge is -2.64. The molecule has 0 aromatic carbocycles. The Morgan fingerprint density at radius 1 is 0.500 bits per heavy atom. The molecule has 30 atom stereocenters. The number of hydrogen-bond acceptors (Lipinski definition) is 24. The van der Waals surface area contributed by atoms with Gasteiger partial charge in [0.05, 0.1) is 65.1 Å². The first kappa shape index (κ1) is 61.1. The predicted molar refractivity (Wildman–Crippen MR) is 259 cm³/mol. The molecule has 442 valence electrons. The van der Waals surface area contributed by atoms with Crippen molar-refractivity contribution in [2.24, 2.45) is 46.3 Å². The molecule has 0 aromatic heterocycles. The minimum absolute atomic E-state index is 0.0219. The summed E-state index contributed by atoms with van der Waals surface area (Å²) >= 11 is 0. The van der Waals surface area contributed by atoms with Crippen LogP contribution in [-0.2, 0) is 47.4 Å². The summed E-state index contributed by atoms with van der Waals surface area (Å²) in [6.45, 7) is 6.80. The lowest BCUT2D eigenvalue weighted by atomic mass is 9.43. The largest absolute Gasteiger partial charge is 0.394 e. The molecule has 0 spiro atoms. The molecule has 24 nitrogen and oxygen atoms in total. The number of hydrogen-bond donors (Lipinski definition) is 14. The Hall–Kier alpha value is -0.960. The van der Waals surface area contributed by atoms with E-state index in [1.165, 1.54) is 0 Å². The average molecular weight is 1100 g/mol. The molecular formula is C52H90O24. The summed E-state index contributed by atoms with van der Waals surface area (Å²) in [5.74, 6) is 1.83. The van der Waals surface area contributed by atoms with Gasteiger partial charge in [-0.1, -0.05) is 53.4 Å². The highest BCUT2D eigenvalue weighted by molar-refractivity contribution is 5.15. The lowest BCUT2D eigenvalue weighted by Crippen LogP contribution is -2.64. The Kier molecular flexibility index (Phi) is 21.0. The molecular weight excluding hydrogens is 1010 g/mol. The Balaban J connectivity index is 0.914. The van der Waals surface area contributed by atoms with E-state index in [9.17, 15) is 71.5 Å². The van der Waals surface area contributed by atoms with Crippen molar-refractivity contribution in [3.05, 3.63) is 0 Å². The predicted octanol–water partition coefficient (Wildman–Crippen LogP) is -3.26. The first-order chi connectivity index (χ1) is 36.3. The van der Waals surface area contributed by atoms with Crippen LogP contribution in [0.5, 0.6) is 0 Å². The molecule has 76 heavy (non-hydrogen) atoms. The van der Waals surface area contributed by atoms with Crippen LogP contribution in [0.3, 0.4) is 0 Å². The van der Waals surface area contributed by atoms with E-state index in [-0.39, 0.29) is 67.2 Å². The molecule has 0 radical (unpaired) electrons. The van der Waals surface area contributed by atoms with E-state index in [1.807, 2.05) is 0 Å². The monoisotopic (exact) mass is 1100 g/mol. The Morgan fingerprint density at radius 3 is 1.47 bits per heavy atom. The van der Waals surface area contributed by atoms with Crippen LogP contribution in [-0.4, -0.2) is 259 Å². The zero-order valence-corrected chi connectivity index (χ0v) is 44.2. The summed E-state index contributed by atoms with van der Waals surface area (Å²) in [5, 5.41) is 147. The second-order valence-electron chi connectivity index (χ2n) is 23.5. The van der Waals surface area contributed by atoms with Crippen LogP contribution in [0.1, 0.15) is 91.9 Å². The summed E-state index contributed by atoms with van der Waals surface area (Å²) in [6.07, 6.45) is -21.4. The molecule has 4 aliphatic carbocycles. The van der Waals surface area contributed by atoms with Crippen molar-refractivity contribution >= 4 is 0 Å². The van der Waals surface area contributed by atoms with E-state index in [4.69, 9.17) is 47.4 Å². The maximum absolute atomic E-state index is 11.2. The highest BCUT2D eigenvalue weighted by Gasteiger charge is 2.66. The molecule has 4 heterocycles. The quantitative estimate of drug-likeness (QED) is 0.0502.